The number of carbonyl (C=O) groups excluding carboxylic acids is 2. The smallest absolute Gasteiger partial charge is 0.320 e. The van der Waals surface area contributed by atoms with E-state index < -0.39 is 17.9 Å². The molecule has 0 amide bonds. The van der Waals surface area contributed by atoms with Crippen molar-refractivity contribution in [3.05, 3.63) is 0 Å². The van der Waals surface area contributed by atoms with Gasteiger partial charge in [-0.05, 0) is 6.92 Å². The van der Waals surface area contributed by atoms with Gasteiger partial charge in [-0.25, -0.2) is 0 Å². The molecule has 1 aliphatic rings. The molecule has 0 spiro atoms. The van der Waals surface area contributed by atoms with Gasteiger partial charge in [0.2, 0.25) is 0 Å². The number of ether oxygens (including phenoxy) is 2. The summed E-state index contributed by atoms with van der Waals surface area (Å²) in [5.41, 5.74) is 0. The first-order valence-electron chi connectivity index (χ1n) is 3.86. The van der Waals surface area contributed by atoms with Gasteiger partial charge in [0.05, 0.1) is 17.9 Å². The highest BCUT2D eigenvalue weighted by Crippen LogP contribution is 2.27. The lowest BCUT2D eigenvalue weighted by atomic mass is 9.92. The van der Waals surface area contributed by atoms with E-state index in [0.717, 1.165) is 0 Å². The SMILES string of the molecule is COC(C)C1C(=O)OC(=O)C1C. The highest BCUT2D eigenvalue weighted by atomic mass is 16.6. The largest absolute Gasteiger partial charge is 0.393 e. The summed E-state index contributed by atoms with van der Waals surface area (Å²) >= 11 is 0. The third-order valence-electron chi connectivity index (χ3n) is 2.26. The summed E-state index contributed by atoms with van der Waals surface area (Å²) in [7, 11) is 1.51. The van der Waals surface area contributed by atoms with Gasteiger partial charge in [-0.2, -0.15) is 0 Å². The molecule has 1 heterocycles. The van der Waals surface area contributed by atoms with Gasteiger partial charge in [0.1, 0.15) is 0 Å². The highest BCUT2D eigenvalue weighted by Gasteiger charge is 2.44. The van der Waals surface area contributed by atoms with Crippen molar-refractivity contribution in [1.82, 2.24) is 0 Å². The summed E-state index contributed by atoms with van der Waals surface area (Å²) in [5, 5.41) is 0. The summed E-state index contributed by atoms with van der Waals surface area (Å²) < 4.78 is 9.42. The van der Waals surface area contributed by atoms with Crippen LogP contribution in [0.2, 0.25) is 0 Å². The van der Waals surface area contributed by atoms with Gasteiger partial charge in [0.15, 0.2) is 0 Å². The molecule has 0 saturated carbocycles. The Kier molecular flexibility index (Phi) is 2.47. The van der Waals surface area contributed by atoms with Gasteiger partial charge >= 0.3 is 11.9 Å². The van der Waals surface area contributed by atoms with Crippen LogP contribution in [0.4, 0.5) is 0 Å². The van der Waals surface area contributed by atoms with E-state index >= 15 is 0 Å². The zero-order valence-electron chi connectivity index (χ0n) is 7.37. The van der Waals surface area contributed by atoms with Gasteiger partial charge in [0.25, 0.3) is 0 Å². The zero-order valence-corrected chi connectivity index (χ0v) is 7.37. The maximum absolute atomic E-state index is 11.1. The summed E-state index contributed by atoms with van der Waals surface area (Å²) in [6.07, 6.45) is -0.265. The molecule has 68 valence electrons. The van der Waals surface area contributed by atoms with Crippen molar-refractivity contribution in [2.24, 2.45) is 11.8 Å². The van der Waals surface area contributed by atoms with E-state index in [1.807, 2.05) is 0 Å². The van der Waals surface area contributed by atoms with Gasteiger partial charge in [0, 0.05) is 7.11 Å². The minimum atomic E-state index is -0.471. The molecule has 3 unspecified atom stereocenters. The fraction of sp³-hybridized carbons (Fsp3) is 0.750. The lowest BCUT2D eigenvalue weighted by molar-refractivity contribution is -0.154. The topological polar surface area (TPSA) is 52.6 Å². The van der Waals surface area contributed by atoms with Crippen molar-refractivity contribution in [3.8, 4) is 0 Å². The first-order chi connectivity index (χ1) is 5.57. The molecular formula is C8H12O4. The number of carbonyl (C=O) groups is 2. The van der Waals surface area contributed by atoms with Crippen LogP contribution in [0.15, 0.2) is 0 Å². The lowest BCUT2D eigenvalue weighted by Gasteiger charge is -2.15. The molecule has 0 N–H and O–H groups in total. The first-order valence-corrected chi connectivity index (χ1v) is 3.86. The van der Waals surface area contributed by atoms with E-state index in [1.54, 1.807) is 13.8 Å². The maximum atomic E-state index is 11.1. The second-order valence-electron chi connectivity index (χ2n) is 3.00. The minimum Gasteiger partial charge on any atom is -0.393 e. The monoisotopic (exact) mass is 172 g/mol. The van der Waals surface area contributed by atoms with E-state index in [-0.39, 0.29) is 12.0 Å². The summed E-state index contributed by atoms with van der Waals surface area (Å²) in [5.74, 6) is -1.74. The van der Waals surface area contributed by atoms with E-state index in [9.17, 15) is 9.59 Å². The molecule has 1 aliphatic heterocycles. The minimum absolute atomic E-state index is 0.265. The number of hydrogen-bond donors (Lipinski definition) is 0. The number of hydrogen-bond acceptors (Lipinski definition) is 4. The third-order valence-corrected chi connectivity index (χ3v) is 2.26. The van der Waals surface area contributed by atoms with Crippen molar-refractivity contribution >= 4 is 11.9 Å². The van der Waals surface area contributed by atoms with Crippen LogP contribution in [-0.4, -0.2) is 25.2 Å². The normalized spacial score (nSPS) is 31.9. The van der Waals surface area contributed by atoms with Gasteiger partial charge in [-0.15, -0.1) is 0 Å². The fourth-order valence-electron chi connectivity index (χ4n) is 1.36. The quantitative estimate of drug-likeness (QED) is 0.445. The first kappa shape index (κ1) is 9.19. The van der Waals surface area contributed by atoms with E-state index in [1.165, 1.54) is 7.11 Å². The Hall–Kier alpha value is -0.900. The van der Waals surface area contributed by atoms with Gasteiger partial charge in [-0.1, -0.05) is 6.92 Å². The van der Waals surface area contributed by atoms with E-state index in [0.29, 0.717) is 0 Å². The van der Waals surface area contributed by atoms with Crippen molar-refractivity contribution in [3.63, 3.8) is 0 Å². The number of methoxy groups -OCH3 is 1. The van der Waals surface area contributed by atoms with Gasteiger partial charge in [-0.3, -0.25) is 9.59 Å². The molecular weight excluding hydrogens is 160 g/mol. The molecule has 1 rings (SSSR count). The molecule has 0 bridgehead atoms. The lowest BCUT2D eigenvalue weighted by Crippen LogP contribution is -2.28. The maximum Gasteiger partial charge on any atom is 0.320 e. The molecule has 4 heteroatoms. The predicted octanol–water partition coefficient (Wildman–Crippen LogP) is 0.357. The molecule has 4 nitrogen and oxygen atoms in total. The molecule has 0 radical (unpaired) electrons. The second-order valence-corrected chi connectivity index (χ2v) is 3.00. The Bertz CT molecular complexity index is 211. The molecule has 0 aliphatic carbocycles. The van der Waals surface area contributed by atoms with Gasteiger partial charge < -0.3 is 9.47 Å². The molecule has 12 heavy (non-hydrogen) atoms. The Balaban J connectivity index is 2.76. The molecule has 3 atom stereocenters. The number of esters is 2. The summed E-state index contributed by atoms with van der Waals surface area (Å²) in [6, 6.07) is 0. The molecule has 1 saturated heterocycles. The van der Waals surface area contributed by atoms with Crippen molar-refractivity contribution in [2.45, 2.75) is 20.0 Å². The van der Waals surface area contributed by atoms with Crippen LogP contribution < -0.4 is 0 Å². The van der Waals surface area contributed by atoms with Crippen molar-refractivity contribution in [2.75, 3.05) is 7.11 Å². The van der Waals surface area contributed by atoms with Crippen LogP contribution in [0.25, 0.3) is 0 Å². The Labute approximate surface area is 70.8 Å². The standard InChI is InChI=1S/C8H12O4/c1-4-6(5(2)11-3)8(10)12-7(4)9/h4-6H,1-3H3. The average Bonchev–Trinajstić information content (AvgIpc) is 2.26. The Morgan fingerprint density at radius 2 is 2.00 bits per heavy atom. The number of cyclic esters (lactones) is 2. The van der Waals surface area contributed by atoms with Crippen LogP contribution in [0.5, 0.6) is 0 Å². The Morgan fingerprint density at radius 3 is 2.33 bits per heavy atom. The van der Waals surface area contributed by atoms with Crippen LogP contribution >= 0.6 is 0 Å². The average molecular weight is 172 g/mol. The van der Waals surface area contributed by atoms with Crippen LogP contribution in [0.3, 0.4) is 0 Å². The molecule has 0 aromatic rings. The third kappa shape index (κ3) is 1.34. The summed E-state index contributed by atoms with van der Waals surface area (Å²) in [6.45, 7) is 3.43. The molecule has 1 fully saturated rings. The number of rotatable bonds is 2. The van der Waals surface area contributed by atoms with Crippen LogP contribution in [-0.2, 0) is 19.1 Å². The van der Waals surface area contributed by atoms with Crippen LogP contribution in [0.1, 0.15) is 13.8 Å². The highest BCUT2D eigenvalue weighted by molar-refractivity contribution is 5.96. The molecule has 0 aromatic carbocycles. The predicted molar refractivity (Wildman–Crippen MR) is 40.2 cm³/mol. The zero-order chi connectivity index (χ0) is 9.30. The van der Waals surface area contributed by atoms with Crippen molar-refractivity contribution in [1.29, 1.82) is 0 Å². The molecule has 0 aromatic heterocycles. The van der Waals surface area contributed by atoms with Crippen molar-refractivity contribution < 1.29 is 19.1 Å². The summed E-state index contributed by atoms with van der Waals surface area (Å²) in [4.78, 5) is 22.0. The van der Waals surface area contributed by atoms with Crippen LogP contribution in [0, 0.1) is 11.8 Å². The second kappa shape index (κ2) is 3.23. The Morgan fingerprint density at radius 1 is 1.42 bits per heavy atom. The fourth-order valence-corrected chi connectivity index (χ4v) is 1.36. The van der Waals surface area contributed by atoms with E-state index in [2.05, 4.69) is 4.74 Å². The van der Waals surface area contributed by atoms with E-state index in [4.69, 9.17) is 4.74 Å².